The van der Waals surface area contributed by atoms with E-state index in [1.165, 1.54) is 0 Å². The first-order valence-corrected chi connectivity index (χ1v) is 3.44. The average molecular weight is 181 g/mol. The lowest BCUT2D eigenvalue weighted by atomic mass is 10.00. The third kappa shape index (κ3) is 1.58. The summed E-state index contributed by atoms with van der Waals surface area (Å²) < 4.78 is 11.7. The molecule has 5 atom stereocenters. The predicted molar refractivity (Wildman–Crippen MR) is 36.0 cm³/mol. The van der Waals surface area contributed by atoms with Gasteiger partial charge in [-0.1, -0.05) is 0 Å². The van der Waals surface area contributed by atoms with Gasteiger partial charge in [0.2, 0.25) is 0 Å². The summed E-state index contributed by atoms with van der Waals surface area (Å²) in [6.45, 7) is -0.735. The molecule has 0 amide bonds. The third-order valence-corrected chi connectivity index (χ3v) is 1.72. The highest BCUT2D eigenvalue weighted by Gasteiger charge is 2.42. The van der Waals surface area contributed by atoms with Gasteiger partial charge in [-0.2, -0.15) is 0 Å². The zero-order chi connectivity index (χ0) is 10.2. The largest absolute Gasteiger partial charge is 0.394 e. The lowest BCUT2D eigenvalue weighted by molar-refractivity contribution is -0.286. The van der Waals surface area contributed by atoms with Crippen LogP contribution in [-0.2, 0) is 4.74 Å². The quantitative estimate of drug-likeness (QED) is 0.291. The van der Waals surface area contributed by atoms with Crippen molar-refractivity contribution in [3.05, 3.63) is 0 Å². The molecular weight excluding hydrogens is 168 g/mol. The van der Waals surface area contributed by atoms with Gasteiger partial charge in [0.25, 0.3) is 0 Å². The highest BCUT2D eigenvalue weighted by Crippen LogP contribution is 2.18. The Morgan fingerprint density at radius 1 is 1.17 bits per heavy atom. The molecular formula is C6H12O6. The van der Waals surface area contributed by atoms with E-state index in [1.54, 1.807) is 0 Å². The molecule has 0 saturated carbocycles. The first-order chi connectivity index (χ1) is 5.91. The maximum atomic E-state index is 9.25. The van der Waals surface area contributed by atoms with Crippen molar-refractivity contribution in [2.45, 2.75) is 30.7 Å². The van der Waals surface area contributed by atoms with Gasteiger partial charge in [-0.05, 0) is 0 Å². The minimum absolute atomic E-state index is 0.735. The molecule has 12 heavy (non-hydrogen) atoms. The number of aliphatic hydroxyl groups excluding tert-OH is 4. The first-order valence-electron chi connectivity index (χ1n) is 3.94. The molecule has 1 fully saturated rings. The minimum atomic E-state index is -2.52. The van der Waals surface area contributed by atoms with E-state index in [4.69, 9.17) is 21.8 Å². The van der Waals surface area contributed by atoms with Gasteiger partial charge in [-0.25, -0.2) is 0 Å². The molecule has 0 spiro atoms. The van der Waals surface area contributed by atoms with Gasteiger partial charge in [0, 0.05) is 0 Å². The number of rotatable bonds is 1. The molecule has 0 unspecified atom stereocenters. The molecule has 6 heteroatoms. The van der Waals surface area contributed by atoms with Crippen molar-refractivity contribution in [1.29, 1.82) is 0 Å². The van der Waals surface area contributed by atoms with E-state index in [0.717, 1.165) is 0 Å². The van der Waals surface area contributed by atoms with E-state index in [9.17, 15) is 5.11 Å². The normalized spacial score (nSPS) is 56.6. The molecule has 6 nitrogen and oxygen atoms in total. The van der Waals surface area contributed by atoms with Crippen molar-refractivity contribution in [2.75, 3.05) is 6.61 Å². The summed E-state index contributed by atoms with van der Waals surface area (Å²) in [5, 5.41) is 45.0. The molecule has 5 N–H and O–H groups in total. The van der Waals surface area contributed by atoms with Gasteiger partial charge in [0.1, 0.15) is 24.4 Å². The van der Waals surface area contributed by atoms with Crippen LogP contribution in [0.1, 0.15) is 1.37 Å². The fourth-order valence-electron chi connectivity index (χ4n) is 0.976. The number of hydrogen-bond donors (Lipinski definition) is 5. The van der Waals surface area contributed by atoms with Crippen LogP contribution < -0.4 is 0 Å². The van der Waals surface area contributed by atoms with Gasteiger partial charge >= 0.3 is 0 Å². The van der Waals surface area contributed by atoms with Gasteiger partial charge in [-0.15, -0.1) is 0 Å². The molecule has 0 aliphatic carbocycles. The summed E-state index contributed by atoms with van der Waals surface area (Å²) >= 11 is 0. The molecule has 1 saturated heterocycles. The number of hydrogen-bond acceptors (Lipinski definition) is 6. The van der Waals surface area contributed by atoms with E-state index in [-0.39, 0.29) is 0 Å². The van der Waals surface area contributed by atoms with Gasteiger partial charge in [0.15, 0.2) is 6.29 Å². The van der Waals surface area contributed by atoms with E-state index in [1.807, 2.05) is 0 Å². The van der Waals surface area contributed by atoms with Crippen molar-refractivity contribution in [2.24, 2.45) is 0 Å². The molecule has 1 aliphatic heterocycles. The third-order valence-electron chi connectivity index (χ3n) is 1.72. The number of aliphatic hydroxyl groups is 5. The molecule has 0 radical (unpaired) electrons. The summed E-state index contributed by atoms with van der Waals surface area (Å²) in [6, 6.07) is 0. The van der Waals surface area contributed by atoms with E-state index < -0.39 is 37.3 Å². The van der Waals surface area contributed by atoms with E-state index in [2.05, 4.69) is 4.74 Å². The first kappa shape index (κ1) is 8.36. The van der Waals surface area contributed by atoms with Crippen LogP contribution in [0.15, 0.2) is 0 Å². The molecule has 1 rings (SSSR count). The van der Waals surface area contributed by atoms with E-state index >= 15 is 0 Å². The summed E-state index contributed by atoms with van der Waals surface area (Å²) in [6.07, 6.45) is -9.31. The van der Waals surface area contributed by atoms with Crippen LogP contribution in [-0.4, -0.2) is 62.8 Å². The van der Waals surface area contributed by atoms with Crippen LogP contribution in [0.3, 0.4) is 0 Å². The fraction of sp³-hybridized carbons (Fsp3) is 1.00. The van der Waals surface area contributed by atoms with Crippen LogP contribution in [0.4, 0.5) is 0 Å². The van der Waals surface area contributed by atoms with E-state index in [0.29, 0.717) is 0 Å². The zero-order valence-corrected chi connectivity index (χ0v) is 6.16. The lowest BCUT2D eigenvalue weighted by Crippen LogP contribution is -2.58. The topological polar surface area (TPSA) is 110 Å². The Balaban J connectivity index is 2.82. The van der Waals surface area contributed by atoms with Crippen molar-refractivity contribution in [1.82, 2.24) is 0 Å². The second kappa shape index (κ2) is 3.65. The Bertz CT molecular complexity index is 182. The lowest BCUT2D eigenvalue weighted by Gasteiger charge is -2.37. The Morgan fingerprint density at radius 3 is 2.25 bits per heavy atom. The molecule has 0 aromatic heterocycles. The van der Waals surface area contributed by atoms with Crippen molar-refractivity contribution >= 4 is 0 Å². The second-order valence-electron chi connectivity index (χ2n) is 2.56. The zero-order valence-electron chi connectivity index (χ0n) is 7.16. The smallest absolute Gasteiger partial charge is 0.184 e. The van der Waals surface area contributed by atoms with Crippen LogP contribution >= 0.6 is 0 Å². The molecule has 72 valence electrons. The summed E-state index contributed by atoms with van der Waals surface area (Å²) in [4.78, 5) is 0. The highest BCUT2D eigenvalue weighted by atomic mass is 16.6. The SMILES string of the molecule is [2H][C@]1(O)[C@H](O)[C@@H](O)[C@H](O)O[C@@H]1CO. The molecule has 0 aromatic carbocycles. The van der Waals surface area contributed by atoms with Gasteiger partial charge in [-0.3, -0.25) is 0 Å². The van der Waals surface area contributed by atoms with Crippen molar-refractivity contribution in [3.8, 4) is 0 Å². The highest BCUT2D eigenvalue weighted by molar-refractivity contribution is 4.87. The summed E-state index contributed by atoms with van der Waals surface area (Å²) in [5.74, 6) is 0. The molecule has 0 bridgehead atoms. The standard InChI is InChI=1S/C6H12O6/c7-1-2-3(8)4(9)5(10)6(11)12-2/h2-11H,1H2/t2-,3-,4+,5-,6-/m1/s1/i3D. The summed E-state index contributed by atoms with van der Waals surface area (Å²) in [5.41, 5.74) is 0. The molecule has 1 heterocycles. The Labute approximate surface area is 70.0 Å². The fourth-order valence-corrected chi connectivity index (χ4v) is 0.976. The van der Waals surface area contributed by atoms with Crippen LogP contribution in [0.5, 0.6) is 0 Å². The predicted octanol–water partition coefficient (Wildman–Crippen LogP) is -3.22. The Morgan fingerprint density at radius 2 is 1.75 bits per heavy atom. The monoisotopic (exact) mass is 181 g/mol. The minimum Gasteiger partial charge on any atom is -0.394 e. The van der Waals surface area contributed by atoms with Crippen LogP contribution in [0.25, 0.3) is 0 Å². The maximum Gasteiger partial charge on any atom is 0.184 e. The Kier molecular flexibility index (Phi) is 2.54. The molecule has 1 aliphatic rings. The van der Waals surface area contributed by atoms with Gasteiger partial charge < -0.3 is 30.3 Å². The van der Waals surface area contributed by atoms with Gasteiger partial charge in [0.05, 0.1) is 7.98 Å². The Hall–Kier alpha value is -0.240. The second-order valence-corrected chi connectivity index (χ2v) is 2.56. The number of ether oxygens (including phenoxy) is 1. The van der Waals surface area contributed by atoms with Crippen LogP contribution in [0, 0.1) is 0 Å². The maximum absolute atomic E-state index is 9.25. The molecule has 0 aromatic rings. The van der Waals surface area contributed by atoms with Crippen molar-refractivity contribution < 1.29 is 31.6 Å². The van der Waals surface area contributed by atoms with Crippen molar-refractivity contribution in [3.63, 3.8) is 0 Å². The average Bonchev–Trinajstić information content (AvgIpc) is 2.08. The van der Waals surface area contributed by atoms with Crippen LogP contribution in [0.2, 0.25) is 0 Å². The summed E-state index contributed by atoms with van der Waals surface area (Å²) in [7, 11) is 0.